The molecule has 2 aromatic carbocycles. The Morgan fingerprint density at radius 3 is 2.43 bits per heavy atom. The summed E-state index contributed by atoms with van der Waals surface area (Å²) in [7, 11) is 2.72. The lowest BCUT2D eigenvalue weighted by molar-refractivity contribution is 1.50. The van der Waals surface area contributed by atoms with E-state index in [0.717, 1.165) is 0 Å². The predicted molar refractivity (Wildman–Crippen MR) is 69.4 cm³/mol. The molecular weight excluding hydrogens is 187 g/mol. The normalized spacial score (nSPS) is 9.43. The Hall–Kier alpha value is -0.870. The van der Waals surface area contributed by atoms with Crippen molar-refractivity contribution in [2.75, 3.05) is 0 Å². The standard InChI is InChI=1S/C11H11P.C2H6/c1-8-3-2-4-9-5-6-10(12)7-11(8)9;1-2/h2-7H,12H2,1H3;1-2H3. The lowest BCUT2D eigenvalue weighted by Gasteiger charge is -2.01. The molecule has 0 aliphatic heterocycles. The van der Waals surface area contributed by atoms with E-state index < -0.39 is 0 Å². The minimum absolute atomic E-state index is 1.25. The van der Waals surface area contributed by atoms with Gasteiger partial charge >= 0.3 is 0 Å². The molecule has 1 unspecified atom stereocenters. The second-order valence-electron chi connectivity index (χ2n) is 3.06. The number of hydrogen-bond acceptors (Lipinski definition) is 0. The molecule has 0 bridgehead atoms. The molecule has 0 saturated heterocycles. The number of aryl methyl sites for hydroxylation is 1. The summed E-state index contributed by atoms with van der Waals surface area (Å²) in [6.07, 6.45) is 0. The Bertz CT molecular complexity index is 419. The van der Waals surface area contributed by atoms with Gasteiger partial charge in [0.1, 0.15) is 0 Å². The second kappa shape index (κ2) is 5.12. The highest BCUT2D eigenvalue weighted by atomic mass is 31.0. The average molecular weight is 204 g/mol. The largest absolute Gasteiger partial charge is 0.106 e. The lowest BCUT2D eigenvalue weighted by Crippen LogP contribution is -1.89. The summed E-state index contributed by atoms with van der Waals surface area (Å²) in [5.74, 6) is 0. The van der Waals surface area contributed by atoms with Gasteiger partial charge in [-0.15, -0.1) is 9.24 Å². The predicted octanol–water partition coefficient (Wildman–Crippen LogP) is 3.67. The van der Waals surface area contributed by atoms with Crippen LogP contribution < -0.4 is 5.30 Å². The van der Waals surface area contributed by atoms with Crippen LogP contribution in [0.4, 0.5) is 0 Å². The Morgan fingerprint density at radius 1 is 1.00 bits per heavy atom. The summed E-state index contributed by atoms with van der Waals surface area (Å²) < 4.78 is 0. The zero-order valence-corrected chi connectivity index (χ0v) is 10.2. The molecule has 0 nitrogen and oxygen atoms in total. The van der Waals surface area contributed by atoms with Crippen molar-refractivity contribution in [3.8, 4) is 0 Å². The van der Waals surface area contributed by atoms with Gasteiger partial charge < -0.3 is 0 Å². The van der Waals surface area contributed by atoms with Crippen LogP contribution in [0.5, 0.6) is 0 Å². The quantitative estimate of drug-likeness (QED) is 0.574. The zero-order chi connectivity index (χ0) is 10.6. The van der Waals surface area contributed by atoms with E-state index in [1.165, 1.54) is 21.6 Å². The van der Waals surface area contributed by atoms with Crippen molar-refractivity contribution in [3.05, 3.63) is 42.0 Å². The molecule has 74 valence electrons. The van der Waals surface area contributed by atoms with Gasteiger partial charge in [0.25, 0.3) is 0 Å². The van der Waals surface area contributed by atoms with Gasteiger partial charge in [0, 0.05) is 0 Å². The zero-order valence-electron chi connectivity index (χ0n) is 9.04. The van der Waals surface area contributed by atoms with Crippen molar-refractivity contribution in [2.24, 2.45) is 0 Å². The van der Waals surface area contributed by atoms with Gasteiger partial charge in [0.15, 0.2) is 0 Å². The van der Waals surface area contributed by atoms with Crippen molar-refractivity contribution < 1.29 is 0 Å². The van der Waals surface area contributed by atoms with Crippen LogP contribution in [-0.4, -0.2) is 0 Å². The third-order valence-corrected chi connectivity index (χ3v) is 2.48. The maximum Gasteiger partial charge on any atom is -0.0149 e. The summed E-state index contributed by atoms with van der Waals surface area (Å²) in [5, 5.41) is 3.92. The molecule has 2 aromatic rings. The van der Waals surface area contributed by atoms with Crippen molar-refractivity contribution in [1.29, 1.82) is 0 Å². The molecule has 0 aliphatic rings. The fourth-order valence-electron chi connectivity index (χ4n) is 1.45. The first-order valence-corrected chi connectivity index (χ1v) is 5.60. The van der Waals surface area contributed by atoms with Crippen LogP contribution in [0.25, 0.3) is 10.8 Å². The van der Waals surface area contributed by atoms with Crippen molar-refractivity contribution in [3.63, 3.8) is 0 Å². The monoisotopic (exact) mass is 204 g/mol. The smallest absolute Gasteiger partial charge is 0.0149 e. The van der Waals surface area contributed by atoms with E-state index in [-0.39, 0.29) is 0 Å². The minimum Gasteiger partial charge on any atom is -0.106 e. The first-order valence-electron chi connectivity index (χ1n) is 5.02. The summed E-state index contributed by atoms with van der Waals surface area (Å²) in [5.41, 5.74) is 1.34. The number of rotatable bonds is 0. The number of fused-ring (bicyclic) bond motifs is 1. The van der Waals surface area contributed by atoms with Gasteiger partial charge in [-0.2, -0.15) is 0 Å². The average Bonchev–Trinajstić information content (AvgIpc) is 2.22. The molecule has 0 aliphatic carbocycles. The fraction of sp³-hybridized carbons (Fsp3) is 0.231. The molecule has 0 aromatic heterocycles. The first-order chi connectivity index (χ1) is 6.77. The van der Waals surface area contributed by atoms with E-state index in [2.05, 4.69) is 52.6 Å². The highest BCUT2D eigenvalue weighted by Gasteiger charge is 1.95. The Labute approximate surface area is 88.5 Å². The van der Waals surface area contributed by atoms with Gasteiger partial charge in [-0.25, -0.2) is 0 Å². The SMILES string of the molecule is CC.Cc1cccc2ccc(P)cc12. The lowest BCUT2D eigenvalue weighted by atomic mass is 10.1. The second-order valence-corrected chi connectivity index (χ2v) is 3.72. The Kier molecular flexibility index (Phi) is 4.10. The molecule has 0 fully saturated rings. The van der Waals surface area contributed by atoms with Crippen LogP contribution in [0, 0.1) is 6.92 Å². The molecule has 0 radical (unpaired) electrons. The maximum atomic E-state index is 2.72. The van der Waals surface area contributed by atoms with Crippen LogP contribution in [0.2, 0.25) is 0 Å². The fourth-order valence-corrected chi connectivity index (χ4v) is 1.71. The highest BCUT2D eigenvalue weighted by Crippen LogP contribution is 2.16. The van der Waals surface area contributed by atoms with Crippen LogP contribution in [0.1, 0.15) is 19.4 Å². The summed E-state index contributed by atoms with van der Waals surface area (Å²) in [6, 6.07) is 12.9. The molecule has 14 heavy (non-hydrogen) atoms. The molecule has 0 N–H and O–H groups in total. The third-order valence-electron chi connectivity index (χ3n) is 2.12. The summed E-state index contributed by atoms with van der Waals surface area (Å²) in [6.45, 7) is 6.15. The number of benzene rings is 2. The van der Waals surface area contributed by atoms with Gasteiger partial charge in [-0.3, -0.25) is 0 Å². The maximum absolute atomic E-state index is 2.72. The Balaban J connectivity index is 0.000000461. The molecule has 0 spiro atoms. The minimum atomic E-state index is 1.25. The van der Waals surface area contributed by atoms with E-state index in [9.17, 15) is 0 Å². The topological polar surface area (TPSA) is 0 Å². The summed E-state index contributed by atoms with van der Waals surface area (Å²) in [4.78, 5) is 0. The molecule has 0 amide bonds. The van der Waals surface area contributed by atoms with Crippen LogP contribution in [0.3, 0.4) is 0 Å². The molecule has 0 saturated carbocycles. The molecule has 1 heteroatoms. The number of hydrogen-bond donors (Lipinski definition) is 0. The van der Waals surface area contributed by atoms with E-state index in [4.69, 9.17) is 0 Å². The highest BCUT2D eigenvalue weighted by molar-refractivity contribution is 7.27. The first kappa shape index (κ1) is 11.2. The molecular formula is C13H17P. The van der Waals surface area contributed by atoms with Gasteiger partial charge in [0.05, 0.1) is 0 Å². The van der Waals surface area contributed by atoms with Crippen LogP contribution in [0.15, 0.2) is 36.4 Å². The van der Waals surface area contributed by atoms with Crippen molar-refractivity contribution in [1.82, 2.24) is 0 Å². The summed E-state index contributed by atoms with van der Waals surface area (Å²) >= 11 is 0. The third kappa shape index (κ3) is 2.33. The molecule has 1 atom stereocenters. The van der Waals surface area contributed by atoms with Crippen LogP contribution in [-0.2, 0) is 0 Å². The van der Waals surface area contributed by atoms with E-state index in [1.54, 1.807) is 0 Å². The van der Waals surface area contributed by atoms with E-state index >= 15 is 0 Å². The molecule has 0 heterocycles. The van der Waals surface area contributed by atoms with Crippen molar-refractivity contribution >= 4 is 25.3 Å². The molecule has 2 rings (SSSR count). The van der Waals surface area contributed by atoms with E-state index in [1.807, 2.05) is 13.8 Å². The van der Waals surface area contributed by atoms with Gasteiger partial charge in [-0.05, 0) is 34.6 Å². The van der Waals surface area contributed by atoms with Crippen molar-refractivity contribution in [2.45, 2.75) is 20.8 Å². The van der Waals surface area contributed by atoms with Gasteiger partial charge in [-0.1, -0.05) is 44.2 Å². The van der Waals surface area contributed by atoms with E-state index in [0.29, 0.717) is 0 Å². The van der Waals surface area contributed by atoms with Crippen LogP contribution >= 0.6 is 9.24 Å². The Morgan fingerprint density at radius 2 is 1.71 bits per heavy atom. The van der Waals surface area contributed by atoms with Gasteiger partial charge in [0.2, 0.25) is 0 Å².